The molecule has 1 N–H and O–H groups in total. The minimum Gasteiger partial charge on any atom is -0.301 e. The SMILES string of the molecule is Cc1nc2c(cnn2C(C)C)cc1C(=O)NC1=NCCS1. The molecule has 0 aliphatic carbocycles. The number of rotatable bonds is 2. The maximum absolute atomic E-state index is 12.3. The Bertz CT molecular complexity index is 734. The number of carbonyl (C=O) groups excluding carboxylic acids is 1. The third-order valence-electron chi connectivity index (χ3n) is 3.30. The molecule has 0 spiro atoms. The molecule has 1 amide bonds. The zero-order chi connectivity index (χ0) is 15.0. The van der Waals surface area contributed by atoms with E-state index in [0.717, 1.165) is 23.3 Å². The monoisotopic (exact) mass is 303 g/mol. The first-order valence-electron chi connectivity index (χ1n) is 6.89. The topological polar surface area (TPSA) is 72.2 Å². The quantitative estimate of drug-likeness (QED) is 0.922. The fourth-order valence-corrected chi connectivity index (χ4v) is 2.97. The summed E-state index contributed by atoms with van der Waals surface area (Å²) < 4.78 is 1.86. The lowest BCUT2D eigenvalue weighted by molar-refractivity contribution is 0.0977. The van der Waals surface area contributed by atoms with Crippen LogP contribution in [-0.2, 0) is 0 Å². The van der Waals surface area contributed by atoms with Crippen LogP contribution in [0.25, 0.3) is 11.0 Å². The van der Waals surface area contributed by atoms with Crippen LogP contribution >= 0.6 is 11.8 Å². The third-order valence-corrected chi connectivity index (χ3v) is 4.19. The highest BCUT2D eigenvalue weighted by molar-refractivity contribution is 8.14. The highest BCUT2D eigenvalue weighted by Crippen LogP contribution is 2.19. The molecular weight excluding hydrogens is 286 g/mol. The van der Waals surface area contributed by atoms with Gasteiger partial charge < -0.3 is 5.32 Å². The van der Waals surface area contributed by atoms with E-state index in [4.69, 9.17) is 0 Å². The number of hydrogen-bond acceptors (Lipinski definition) is 5. The molecule has 0 saturated heterocycles. The van der Waals surface area contributed by atoms with E-state index in [2.05, 4.69) is 34.2 Å². The normalized spacial score (nSPS) is 14.8. The molecule has 21 heavy (non-hydrogen) atoms. The molecule has 110 valence electrons. The van der Waals surface area contributed by atoms with E-state index >= 15 is 0 Å². The molecule has 3 rings (SSSR count). The first-order chi connectivity index (χ1) is 10.1. The van der Waals surface area contributed by atoms with Gasteiger partial charge in [0.2, 0.25) is 0 Å². The summed E-state index contributed by atoms with van der Waals surface area (Å²) in [5, 5.41) is 8.74. The van der Waals surface area contributed by atoms with Crippen molar-refractivity contribution in [2.45, 2.75) is 26.8 Å². The number of aromatic nitrogens is 3. The average molecular weight is 303 g/mol. The van der Waals surface area contributed by atoms with E-state index in [1.165, 1.54) is 0 Å². The van der Waals surface area contributed by atoms with Gasteiger partial charge in [0, 0.05) is 17.2 Å². The number of amides is 1. The van der Waals surface area contributed by atoms with Gasteiger partial charge in [0.05, 0.1) is 24.0 Å². The Hall–Kier alpha value is -1.89. The smallest absolute Gasteiger partial charge is 0.259 e. The summed E-state index contributed by atoms with van der Waals surface area (Å²) in [7, 11) is 0. The van der Waals surface area contributed by atoms with Gasteiger partial charge in [-0.2, -0.15) is 5.10 Å². The highest BCUT2D eigenvalue weighted by atomic mass is 32.2. The van der Waals surface area contributed by atoms with Crippen molar-refractivity contribution in [3.63, 3.8) is 0 Å². The Morgan fingerprint density at radius 1 is 1.48 bits per heavy atom. The van der Waals surface area contributed by atoms with Crippen molar-refractivity contribution in [3.8, 4) is 0 Å². The van der Waals surface area contributed by atoms with E-state index in [1.54, 1.807) is 18.0 Å². The van der Waals surface area contributed by atoms with Gasteiger partial charge >= 0.3 is 0 Å². The third kappa shape index (κ3) is 2.65. The molecule has 1 aliphatic heterocycles. The summed E-state index contributed by atoms with van der Waals surface area (Å²) in [6.45, 7) is 6.71. The van der Waals surface area contributed by atoms with Gasteiger partial charge in [0.25, 0.3) is 5.91 Å². The maximum atomic E-state index is 12.3. The molecule has 6 nitrogen and oxygen atoms in total. The summed E-state index contributed by atoms with van der Waals surface area (Å²) in [6, 6.07) is 2.08. The van der Waals surface area contributed by atoms with Crippen molar-refractivity contribution in [2.24, 2.45) is 4.99 Å². The zero-order valence-corrected chi connectivity index (χ0v) is 13.1. The Labute approximate surface area is 127 Å². The molecule has 3 heterocycles. The number of aliphatic imine (C=N–C) groups is 1. The lowest BCUT2D eigenvalue weighted by atomic mass is 10.1. The summed E-state index contributed by atoms with van der Waals surface area (Å²) in [5.41, 5.74) is 2.08. The van der Waals surface area contributed by atoms with Crippen molar-refractivity contribution in [2.75, 3.05) is 12.3 Å². The average Bonchev–Trinajstić information content (AvgIpc) is 3.06. The predicted octanol–water partition coefficient (Wildman–Crippen LogP) is 2.15. The van der Waals surface area contributed by atoms with Crippen molar-refractivity contribution in [1.82, 2.24) is 20.1 Å². The number of nitrogens with one attached hydrogen (secondary N) is 1. The first kappa shape index (κ1) is 14.1. The van der Waals surface area contributed by atoms with Crippen LogP contribution in [0.3, 0.4) is 0 Å². The number of hydrogen-bond donors (Lipinski definition) is 1. The zero-order valence-electron chi connectivity index (χ0n) is 12.3. The Kier molecular flexibility index (Phi) is 3.67. The van der Waals surface area contributed by atoms with Gasteiger partial charge in [-0.3, -0.25) is 9.79 Å². The molecular formula is C14H17N5OS. The molecule has 0 aromatic carbocycles. The number of amidine groups is 1. The number of aryl methyl sites for hydroxylation is 1. The second-order valence-corrected chi connectivity index (χ2v) is 6.29. The number of carbonyl (C=O) groups is 1. The van der Waals surface area contributed by atoms with Gasteiger partial charge in [-0.25, -0.2) is 9.67 Å². The van der Waals surface area contributed by atoms with Gasteiger partial charge in [-0.1, -0.05) is 11.8 Å². The largest absolute Gasteiger partial charge is 0.301 e. The summed E-state index contributed by atoms with van der Waals surface area (Å²) in [6.07, 6.45) is 1.75. The van der Waals surface area contributed by atoms with E-state index in [-0.39, 0.29) is 11.9 Å². The van der Waals surface area contributed by atoms with Crippen molar-refractivity contribution in [3.05, 3.63) is 23.5 Å². The van der Waals surface area contributed by atoms with Crippen LogP contribution in [0.4, 0.5) is 0 Å². The van der Waals surface area contributed by atoms with E-state index < -0.39 is 0 Å². The second kappa shape index (κ2) is 5.48. The Morgan fingerprint density at radius 2 is 2.29 bits per heavy atom. The van der Waals surface area contributed by atoms with Crippen LogP contribution in [0, 0.1) is 6.92 Å². The van der Waals surface area contributed by atoms with Crippen LogP contribution < -0.4 is 5.32 Å². The molecule has 0 fully saturated rings. The second-order valence-electron chi connectivity index (χ2n) is 5.21. The predicted molar refractivity (Wildman–Crippen MR) is 84.9 cm³/mol. The van der Waals surface area contributed by atoms with Gasteiger partial charge in [0.1, 0.15) is 0 Å². The van der Waals surface area contributed by atoms with Crippen molar-refractivity contribution >= 4 is 33.9 Å². The van der Waals surface area contributed by atoms with E-state index in [0.29, 0.717) is 16.4 Å². The molecule has 0 atom stereocenters. The van der Waals surface area contributed by atoms with Crippen molar-refractivity contribution < 1.29 is 4.79 Å². The minimum absolute atomic E-state index is 0.160. The lowest BCUT2D eigenvalue weighted by Crippen LogP contribution is -2.28. The van der Waals surface area contributed by atoms with E-state index in [1.807, 2.05) is 17.7 Å². The Morgan fingerprint density at radius 3 is 2.95 bits per heavy atom. The first-order valence-corrected chi connectivity index (χ1v) is 7.88. The Balaban J connectivity index is 1.95. The molecule has 7 heteroatoms. The summed E-state index contributed by atoms with van der Waals surface area (Å²) in [5.74, 6) is 0.764. The summed E-state index contributed by atoms with van der Waals surface area (Å²) in [4.78, 5) is 21.1. The fourth-order valence-electron chi connectivity index (χ4n) is 2.25. The molecule has 0 unspecified atom stereocenters. The molecule has 2 aromatic rings. The van der Waals surface area contributed by atoms with Crippen LogP contribution in [0.15, 0.2) is 17.3 Å². The van der Waals surface area contributed by atoms with Gasteiger partial charge in [0.15, 0.2) is 10.8 Å². The highest BCUT2D eigenvalue weighted by Gasteiger charge is 2.17. The van der Waals surface area contributed by atoms with Crippen molar-refractivity contribution in [1.29, 1.82) is 0 Å². The number of thioether (sulfide) groups is 1. The molecule has 0 bridgehead atoms. The van der Waals surface area contributed by atoms with Crippen LogP contribution in [0.1, 0.15) is 35.9 Å². The van der Waals surface area contributed by atoms with Gasteiger partial charge in [-0.15, -0.1) is 0 Å². The molecule has 2 aromatic heterocycles. The number of nitrogens with zero attached hydrogens (tertiary/aromatic N) is 4. The molecule has 0 saturated carbocycles. The number of fused-ring (bicyclic) bond motifs is 1. The van der Waals surface area contributed by atoms with Crippen LogP contribution in [0.2, 0.25) is 0 Å². The standard InChI is InChI=1S/C14H17N5OS/c1-8(2)19-12-10(7-16-19)6-11(9(3)17-12)13(20)18-14-15-4-5-21-14/h6-8H,4-5H2,1-3H3,(H,15,18,20). The van der Waals surface area contributed by atoms with E-state index in [9.17, 15) is 4.79 Å². The maximum Gasteiger partial charge on any atom is 0.259 e. The van der Waals surface area contributed by atoms with Gasteiger partial charge in [-0.05, 0) is 26.8 Å². The minimum atomic E-state index is -0.160. The number of pyridine rings is 1. The lowest BCUT2D eigenvalue weighted by Gasteiger charge is -2.09. The fraction of sp³-hybridized carbons (Fsp3) is 0.429. The molecule has 1 aliphatic rings. The molecule has 0 radical (unpaired) electrons. The summed E-state index contributed by atoms with van der Waals surface area (Å²) >= 11 is 1.56. The van der Waals surface area contributed by atoms with Crippen LogP contribution in [-0.4, -0.2) is 38.1 Å². The van der Waals surface area contributed by atoms with Crippen LogP contribution in [0.5, 0.6) is 0 Å².